The summed E-state index contributed by atoms with van der Waals surface area (Å²) in [6, 6.07) is 32.1. The van der Waals surface area contributed by atoms with Crippen LogP contribution in [-0.4, -0.2) is 0 Å². The van der Waals surface area contributed by atoms with Crippen LogP contribution in [0.2, 0.25) is 0 Å². The first-order chi connectivity index (χ1) is 25.7. The normalized spacial score (nSPS) is 14.5. The molecule has 1 heteroatoms. The molecule has 0 aliphatic rings. The molecule has 0 N–H and O–H groups in total. The highest BCUT2D eigenvalue weighted by Gasteiger charge is 2.21. The molecule has 45 heavy (non-hydrogen) atoms. The maximum absolute atomic E-state index is 9.50. The van der Waals surface area contributed by atoms with Gasteiger partial charge in [-0.3, -0.25) is 0 Å². The fourth-order valence-corrected chi connectivity index (χ4v) is 7.22. The van der Waals surface area contributed by atoms with Gasteiger partial charge in [-0.1, -0.05) is 145 Å². The minimum Gasteiger partial charge on any atom is -0.456 e. The molecule has 208 valence electrons. The van der Waals surface area contributed by atoms with Crippen molar-refractivity contribution in [3.63, 3.8) is 0 Å². The molecular weight excluding hydrogens is 544 g/mol. The van der Waals surface area contributed by atoms with E-state index in [1.807, 2.05) is 103 Å². The summed E-state index contributed by atoms with van der Waals surface area (Å²) in [4.78, 5) is 0. The Morgan fingerprint density at radius 2 is 0.889 bits per heavy atom. The average molecular weight is 579 g/mol. The molecule has 1 heterocycles. The molecule has 1 aromatic heterocycles. The molecule has 10 rings (SSSR count). The smallest absolute Gasteiger partial charge is 0.136 e. The summed E-state index contributed by atoms with van der Waals surface area (Å²) in [5, 5.41) is 7.82. The number of benzene rings is 9. The third kappa shape index (κ3) is 3.44. The van der Waals surface area contributed by atoms with Crippen molar-refractivity contribution in [3.8, 4) is 22.3 Å². The van der Waals surface area contributed by atoms with Gasteiger partial charge in [0.25, 0.3) is 0 Å². The quantitative estimate of drug-likeness (QED) is 0.147. The maximum Gasteiger partial charge on any atom is 0.136 e. The van der Waals surface area contributed by atoms with Crippen LogP contribution in [0.3, 0.4) is 0 Å². The van der Waals surface area contributed by atoms with Gasteiger partial charge in [0, 0.05) is 10.8 Å². The molecule has 0 aliphatic carbocycles. The summed E-state index contributed by atoms with van der Waals surface area (Å²) in [6.45, 7) is 0. The molecule has 0 aliphatic heterocycles. The minimum atomic E-state index is -0.437. The highest BCUT2D eigenvalue weighted by molar-refractivity contribution is 6.29. The second kappa shape index (κ2) is 9.29. The van der Waals surface area contributed by atoms with Crippen LogP contribution < -0.4 is 0 Å². The van der Waals surface area contributed by atoms with Gasteiger partial charge in [-0.25, -0.2) is 0 Å². The second-order valence-electron chi connectivity index (χ2n) is 11.4. The summed E-state index contributed by atoms with van der Waals surface area (Å²) >= 11 is 0. The fourth-order valence-electron chi connectivity index (χ4n) is 7.22. The maximum atomic E-state index is 9.50. The van der Waals surface area contributed by atoms with Gasteiger partial charge in [0.2, 0.25) is 0 Å². The Labute approximate surface area is 270 Å². The minimum absolute atomic E-state index is 0.170. The molecule has 0 saturated heterocycles. The van der Waals surface area contributed by atoms with Crippen LogP contribution in [0.25, 0.3) is 98.1 Å². The predicted octanol–water partition coefficient (Wildman–Crippen LogP) is 12.7. The van der Waals surface area contributed by atoms with Crippen LogP contribution in [-0.2, 0) is 0 Å². The predicted molar refractivity (Wildman–Crippen MR) is 192 cm³/mol. The summed E-state index contributed by atoms with van der Waals surface area (Å²) in [7, 11) is 0. The number of hydrogen-bond donors (Lipinski definition) is 0. The van der Waals surface area contributed by atoms with E-state index >= 15 is 0 Å². The van der Waals surface area contributed by atoms with Gasteiger partial charge in [0.1, 0.15) is 11.2 Å². The Morgan fingerprint density at radius 1 is 0.356 bits per heavy atom. The van der Waals surface area contributed by atoms with E-state index in [0.29, 0.717) is 38.8 Å². The molecule has 0 bridgehead atoms. The Bertz CT molecular complexity index is 3190. The van der Waals surface area contributed by atoms with E-state index in [-0.39, 0.29) is 45.7 Å². The van der Waals surface area contributed by atoms with Crippen molar-refractivity contribution in [2.75, 3.05) is 0 Å². The van der Waals surface area contributed by atoms with E-state index in [9.17, 15) is 5.48 Å². The van der Waals surface area contributed by atoms with Crippen molar-refractivity contribution in [2.45, 2.75) is 0 Å². The Balaban J connectivity index is 1.52. The van der Waals surface area contributed by atoms with E-state index in [0.717, 1.165) is 37.7 Å². The van der Waals surface area contributed by atoms with E-state index < -0.39 is 24.2 Å². The van der Waals surface area contributed by atoms with Gasteiger partial charge in [0.05, 0.1) is 11.0 Å². The first-order valence-corrected chi connectivity index (χ1v) is 14.9. The summed E-state index contributed by atoms with van der Waals surface area (Å²) in [5.74, 6) is 0. The third-order valence-electron chi connectivity index (χ3n) is 9.09. The lowest BCUT2D eigenvalue weighted by atomic mass is 9.83. The second-order valence-corrected chi connectivity index (χ2v) is 11.4. The lowest BCUT2D eigenvalue weighted by Gasteiger charge is -2.19. The van der Waals surface area contributed by atoms with E-state index in [2.05, 4.69) is 0 Å². The molecule has 0 unspecified atom stereocenters. The number of rotatable bonds is 2. The van der Waals surface area contributed by atoms with E-state index in [1.54, 1.807) is 6.07 Å². The Hall–Kier alpha value is -5.92. The van der Waals surface area contributed by atoms with Crippen molar-refractivity contribution in [1.82, 2.24) is 0 Å². The Morgan fingerprint density at radius 3 is 1.62 bits per heavy atom. The van der Waals surface area contributed by atoms with E-state index in [4.69, 9.17) is 9.90 Å². The fraction of sp³-hybridized carbons (Fsp3) is 0. The SMILES string of the molecule is [2H]c1c([2H])c([2H])c2c(-c3cccc4oc5ccc6ccccc6c5c34)c3c([2H])c([2H])c([2H])c([2H])c3c(-c3cccc4c3ccc3ccccc34)c2c1[2H]. The average Bonchev–Trinajstić information content (AvgIpc) is 3.59. The molecule has 0 atom stereocenters. The summed E-state index contributed by atoms with van der Waals surface area (Å²) in [5.41, 5.74) is 2.93. The van der Waals surface area contributed by atoms with E-state index in [1.165, 1.54) is 0 Å². The van der Waals surface area contributed by atoms with Crippen LogP contribution in [0.5, 0.6) is 0 Å². The number of fused-ring (bicyclic) bond motifs is 10. The van der Waals surface area contributed by atoms with Gasteiger partial charge < -0.3 is 4.42 Å². The standard InChI is InChI=1S/C44H26O/c1-3-13-29-27(11-1)23-25-32-31(29)19-9-20-33(32)41-34-15-5-7-17-36(34)42(37-18-8-6-16-35(37)41)38-21-10-22-39-44(38)43-30-14-4-2-12-28(30)24-26-40(43)45-39/h1-26H/i5D,6D,7D,8D,15D,16D,17D,18D. The van der Waals surface area contributed by atoms with Gasteiger partial charge >= 0.3 is 0 Å². The molecular formula is C44H26O. The van der Waals surface area contributed by atoms with Crippen LogP contribution in [0.1, 0.15) is 11.0 Å². The van der Waals surface area contributed by atoms with Gasteiger partial charge in [-0.05, 0) is 88.2 Å². The highest BCUT2D eigenvalue weighted by atomic mass is 16.3. The van der Waals surface area contributed by atoms with Gasteiger partial charge in [0.15, 0.2) is 0 Å². The zero-order valence-electron chi connectivity index (χ0n) is 31.8. The van der Waals surface area contributed by atoms with Crippen molar-refractivity contribution in [1.29, 1.82) is 0 Å². The summed E-state index contributed by atoms with van der Waals surface area (Å²) < 4.78 is 80.0. The molecule has 0 fully saturated rings. The van der Waals surface area contributed by atoms with Crippen LogP contribution >= 0.6 is 0 Å². The lowest BCUT2D eigenvalue weighted by Crippen LogP contribution is -1.92. The molecule has 0 saturated carbocycles. The molecule has 10 aromatic rings. The topological polar surface area (TPSA) is 13.1 Å². The highest BCUT2D eigenvalue weighted by Crippen LogP contribution is 2.48. The largest absolute Gasteiger partial charge is 0.456 e. The zero-order chi connectivity index (χ0) is 36.4. The third-order valence-corrected chi connectivity index (χ3v) is 9.09. The zero-order valence-corrected chi connectivity index (χ0v) is 23.8. The van der Waals surface area contributed by atoms with Gasteiger partial charge in [-0.2, -0.15) is 0 Å². The van der Waals surface area contributed by atoms with Crippen LogP contribution in [0.15, 0.2) is 162 Å². The summed E-state index contributed by atoms with van der Waals surface area (Å²) in [6.07, 6.45) is 0. The van der Waals surface area contributed by atoms with Crippen molar-refractivity contribution in [3.05, 3.63) is 158 Å². The van der Waals surface area contributed by atoms with Crippen molar-refractivity contribution in [2.24, 2.45) is 0 Å². The lowest BCUT2D eigenvalue weighted by molar-refractivity contribution is 0.669. The monoisotopic (exact) mass is 578 g/mol. The number of furan rings is 1. The Kier molecular flexibility index (Phi) is 3.72. The van der Waals surface area contributed by atoms with Crippen molar-refractivity contribution >= 4 is 75.8 Å². The molecule has 0 amide bonds. The molecule has 0 radical (unpaired) electrons. The molecule has 1 nitrogen and oxygen atoms in total. The number of hydrogen-bond acceptors (Lipinski definition) is 1. The van der Waals surface area contributed by atoms with Crippen LogP contribution in [0, 0.1) is 0 Å². The first kappa shape index (κ1) is 18.0. The van der Waals surface area contributed by atoms with Crippen molar-refractivity contribution < 1.29 is 15.4 Å². The van der Waals surface area contributed by atoms with Crippen LogP contribution in [0.4, 0.5) is 0 Å². The first-order valence-electron chi connectivity index (χ1n) is 18.9. The molecule has 0 spiro atoms. The molecule has 9 aromatic carbocycles. The van der Waals surface area contributed by atoms with Gasteiger partial charge in [-0.15, -0.1) is 0 Å².